The minimum absolute atomic E-state index is 0.0831. The highest BCUT2D eigenvalue weighted by Crippen LogP contribution is 2.42. The van der Waals surface area contributed by atoms with Crippen LogP contribution < -0.4 is 14.4 Å². The summed E-state index contributed by atoms with van der Waals surface area (Å²) in [4.78, 5) is 30.0. The van der Waals surface area contributed by atoms with Gasteiger partial charge in [-0.2, -0.15) is 9.97 Å². The summed E-state index contributed by atoms with van der Waals surface area (Å²) in [5, 5.41) is 2.51. The van der Waals surface area contributed by atoms with Crippen molar-refractivity contribution in [2.24, 2.45) is 11.8 Å². The summed E-state index contributed by atoms with van der Waals surface area (Å²) in [6, 6.07) is 10.4. The molecule has 1 aliphatic carbocycles. The van der Waals surface area contributed by atoms with Gasteiger partial charge in [-0.1, -0.05) is 31.5 Å². The van der Waals surface area contributed by atoms with Gasteiger partial charge in [0.1, 0.15) is 35.7 Å². The predicted molar refractivity (Wildman–Crippen MR) is 190 cm³/mol. The van der Waals surface area contributed by atoms with Gasteiger partial charge in [-0.05, 0) is 105 Å². The monoisotopic (exact) mass is 669 g/mol. The van der Waals surface area contributed by atoms with Gasteiger partial charge >= 0.3 is 6.01 Å². The molecule has 260 valence electrons. The van der Waals surface area contributed by atoms with E-state index in [1.54, 1.807) is 13.3 Å². The Morgan fingerprint density at radius 3 is 2.69 bits per heavy atom. The lowest BCUT2D eigenvalue weighted by atomic mass is 9.95. The van der Waals surface area contributed by atoms with Crippen molar-refractivity contribution in [2.75, 3.05) is 51.6 Å². The number of hydrogen-bond acceptors (Lipinski definition) is 9. The maximum Gasteiger partial charge on any atom is 0.319 e. The molecule has 4 aromatic rings. The first-order valence-corrected chi connectivity index (χ1v) is 18.2. The van der Waals surface area contributed by atoms with Crippen LogP contribution in [0.15, 0.2) is 36.5 Å². The minimum atomic E-state index is -0.486. The predicted octanol–water partition coefficient (Wildman–Crippen LogP) is 7.37. The van der Waals surface area contributed by atoms with Crippen LogP contribution >= 0.6 is 0 Å². The van der Waals surface area contributed by atoms with E-state index in [2.05, 4.69) is 22.8 Å². The number of ether oxygens (including phenoxy) is 3. The van der Waals surface area contributed by atoms with Gasteiger partial charge in [-0.15, -0.1) is 0 Å². The third-order valence-corrected chi connectivity index (χ3v) is 10.7. The van der Waals surface area contributed by atoms with E-state index in [0.717, 1.165) is 87.3 Å². The van der Waals surface area contributed by atoms with Gasteiger partial charge in [0.15, 0.2) is 12.6 Å². The fourth-order valence-corrected chi connectivity index (χ4v) is 8.33. The van der Waals surface area contributed by atoms with E-state index in [1.165, 1.54) is 19.3 Å². The molecule has 9 nitrogen and oxygen atoms in total. The van der Waals surface area contributed by atoms with Gasteiger partial charge in [0.2, 0.25) is 0 Å². The second-order valence-corrected chi connectivity index (χ2v) is 14.0. The second kappa shape index (κ2) is 15.3. The van der Waals surface area contributed by atoms with Crippen LogP contribution in [0.2, 0.25) is 0 Å². The molecule has 0 amide bonds. The van der Waals surface area contributed by atoms with Crippen LogP contribution in [0, 0.1) is 17.7 Å². The number of likely N-dealkylation sites (tertiary alicyclic amines) is 1. The van der Waals surface area contributed by atoms with Gasteiger partial charge in [0.05, 0.1) is 5.39 Å². The Hall–Kier alpha value is -3.89. The molecule has 0 spiro atoms. The maximum absolute atomic E-state index is 17.1. The number of rotatable bonds is 15. The quantitative estimate of drug-likeness (QED) is 0.0731. The van der Waals surface area contributed by atoms with Crippen molar-refractivity contribution < 1.29 is 23.4 Å². The number of hydrogen-bond donors (Lipinski definition) is 0. The van der Waals surface area contributed by atoms with Gasteiger partial charge in [-0.3, -0.25) is 9.88 Å². The van der Waals surface area contributed by atoms with Gasteiger partial charge in [0.25, 0.3) is 0 Å². The first-order valence-electron chi connectivity index (χ1n) is 18.2. The van der Waals surface area contributed by atoms with Crippen LogP contribution in [-0.2, 0) is 16.0 Å². The number of anilines is 1. The molecule has 3 fully saturated rings. The number of aryl methyl sites for hydroxylation is 1. The van der Waals surface area contributed by atoms with E-state index in [9.17, 15) is 4.79 Å². The summed E-state index contributed by atoms with van der Waals surface area (Å²) in [6.45, 7) is 6.45. The first kappa shape index (κ1) is 33.6. The Kier molecular flexibility index (Phi) is 10.5. The molecule has 3 aliphatic rings. The number of aromatic nitrogens is 3. The highest BCUT2D eigenvalue weighted by molar-refractivity contribution is 6.01. The van der Waals surface area contributed by atoms with Crippen LogP contribution in [0.3, 0.4) is 0 Å². The molecule has 49 heavy (non-hydrogen) atoms. The van der Waals surface area contributed by atoms with Crippen LogP contribution in [0.5, 0.6) is 11.8 Å². The molecule has 0 radical (unpaired) electrons. The highest BCUT2D eigenvalue weighted by Gasteiger charge is 2.35. The van der Waals surface area contributed by atoms with Crippen molar-refractivity contribution in [1.82, 2.24) is 19.9 Å². The zero-order chi connectivity index (χ0) is 33.7. The lowest BCUT2D eigenvalue weighted by molar-refractivity contribution is -0.107. The van der Waals surface area contributed by atoms with Crippen LogP contribution in [0.4, 0.5) is 10.2 Å². The van der Waals surface area contributed by atoms with Crippen LogP contribution in [0.25, 0.3) is 32.9 Å². The lowest BCUT2D eigenvalue weighted by Gasteiger charge is -2.33. The molecule has 7 rings (SSSR count). The molecule has 2 saturated heterocycles. The van der Waals surface area contributed by atoms with Crippen LogP contribution in [0.1, 0.15) is 70.3 Å². The van der Waals surface area contributed by atoms with E-state index >= 15 is 4.39 Å². The van der Waals surface area contributed by atoms with Gasteiger partial charge in [0, 0.05) is 44.4 Å². The summed E-state index contributed by atoms with van der Waals surface area (Å²) in [5.74, 6) is 2.05. The molecule has 2 aromatic heterocycles. The number of pyridine rings is 1. The molecule has 10 heteroatoms. The third kappa shape index (κ3) is 7.22. The van der Waals surface area contributed by atoms with Crippen molar-refractivity contribution in [2.45, 2.75) is 77.2 Å². The van der Waals surface area contributed by atoms with Crippen molar-refractivity contribution >= 4 is 33.8 Å². The Morgan fingerprint density at radius 2 is 1.90 bits per heavy atom. The number of methoxy groups -OCH3 is 1. The number of carbonyl (C=O) groups is 1. The molecule has 1 saturated carbocycles. The first-order chi connectivity index (χ1) is 24.1. The zero-order valence-electron chi connectivity index (χ0n) is 28.8. The molecule has 2 aromatic carbocycles. The number of unbranched alkanes of at least 4 members (excludes halogenated alkanes) is 3. The van der Waals surface area contributed by atoms with E-state index in [4.69, 9.17) is 29.2 Å². The molecule has 3 atom stereocenters. The Labute approximate surface area is 288 Å². The number of aldehydes is 1. The summed E-state index contributed by atoms with van der Waals surface area (Å²) in [5.41, 5.74) is 2.22. The Balaban J connectivity index is 1.26. The Morgan fingerprint density at radius 1 is 1.04 bits per heavy atom. The minimum Gasteiger partial charge on any atom is -0.468 e. The molecule has 2 bridgehead atoms. The smallest absolute Gasteiger partial charge is 0.319 e. The normalized spacial score (nSPS) is 20.8. The SMILES string of the molecule is CCc1cccc2cc(OCOC)cc(-c3ncc4c(N5CC6CCC(C6)C5)nc(OC[C@@H]5CCCN5CCCCCC=O)nc4c3F)c12. The molecule has 0 N–H and O–H groups in total. The van der Waals surface area contributed by atoms with Gasteiger partial charge < -0.3 is 23.9 Å². The summed E-state index contributed by atoms with van der Waals surface area (Å²) in [7, 11) is 1.58. The molecule has 2 aliphatic heterocycles. The summed E-state index contributed by atoms with van der Waals surface area (Å²) >= 11 is 0. The maximum atomic E-state index is 17.1. The third-order valence-electron chi connectivity index (χ3n) is 10.7. The lowest BCUT2D eigenvalue weighted by Crippen LogP contribution is -2.37. The number of benzene rings is 2. The second-order valence-electron chi connectivity index (χ2n) is 14.0. The van der Waals surface area contributed by atoms with Crippen molar-refractivity contribution in [3.05, 3.63) is 47.9 Å². The van der Waals surface area contributed by atoms with E-state index in [0.29, 0.717) is 47.4 Å². The largest absolute Gasteiger partial charge is 0.468 e. The molecular weight excluding hydrogens is 621 g/mol. The zero-order valence-corrected chi connectivity index (χ0v) is 28.8. The number of fused-ring (bicyclic) bond motifs is 4. The van der Waals surface area contributed by atoms with Crippen molar-refractivity contribution in [3.8, 4) is 23.0 Å². The summed E-state index contributed by atoms with van der Waals surface area (Å²) < 4.78 is 34.5. The highest BCUT2D eigenvalue weighted by atomic mass is 19.1. The number of nitrogens with zero attached hydrogens (tertiary/aromatic N) is 5. The number of piperidine rings is 1. The molecular formula is C39H48FN5O4. The topological polar surface area (TPSA) is 89.9 Å². The van der Waals surface area contributed by atoms with E-state index in [-0.39, 0.29) is 30.1 Å². The summed E-state index contributed by atoms with van der Waals surface area (Å²) in [6.07, 6.45) is 13.1. The fourth-order valence-electron chi connectivity index (χ4n) is 8.33. The Bertz CT molecular complexity index is 1770. The molecule has 4 heterocycles. The van der Waals surface area contributed by atoms with Gasteiger partial charge in [-0.25, -0.2) is 4.39 Å². The average Bonchev–Trinajstić information content (AvgIpc) is 3.73. The van der Waals surface area contributed by atoms with E-state index in [1.807, 2.05) is 24.3 Å². The van der Waals surface area contributed by atoms with Crippen LogP contribution in [-0.4, -0.2) is 78.9 Å². The van der Waals surface area contributed by atoms with E-state index < -0.39 is 5.82 Å². The standard InChI is InChI=1S/C39H48FN5O4/c1-3-28-10-8-11-29-19-31(49-25-47-2)20-32(34(28)29)36-35(40)37-33(21-41-36)38(45-22-26-13-14-27(18-26)23-45)43-39(42-37)48-24-30-12-9-16-44(30)15-6-4-5-7-17-46/h8,10-11,17,19-21,26-27,30H,3-7,9,12-16,18,22-25H2,1-2H3/t26?,27?,30-/m0/s1. The fraction of sp³-hybridized carbons (Fsp3) is 0.538. The molecule has 2 unspecified atom stereocenters. The average molecular weight is 670 g/mol. The van der Waals surface area contributed by atoms with Crippen molar-refractivity contribution in [1.29, 1.82) is 0 Å². The number of carbonyl (C=O) groups excluding carboxylic acids is 1. The van der Waals surface area contributed by atoms with Crippen molar-refractivity contribution in [3.63, 3.8) is 0 Å². The number of halogens is 1.